The number of para-hydroxylation sites is 8. The summed E-state index contributed by atoms with van der Waals surface area (Å²) in [5.41, 5.74) is 16.2. The van der Waals surface area contributed by atoms with Gasteiger partial charge in [0.2, 0.25) is 0 Å². The first kappa shape index (κ1) is 48.4. The molecule has 0 unspecified atom stereocenters. The molecule has 13 aromatic carbocycles. The Morgan fingerprint density at radius 2 is 0.625 bits per heavy atom. The number of hydrogen-bond donors (Lipinski definition) is 0. The zero-order chi connectivity index (χ0) is 57.9. The molecular formula is C80H45N7S. The lowest BCUT2D eigenvalue weighted by atomic mass is 9.97. The maximum absolute atomic E-state index is 13.0. The Bertz CT molecular complexity index is 6180. The minimum absolute atomic E-state index is 0.414. The van der Waals surface area contributed by atoms with E-state index in [0.717, 1.165) is 120 Å². The Hall–Kier alpha value is -11.9. The van der Waals surface area contributed by atoms with Crippen LogP contribution in [0.4, 0.5) is 0 Å². The van der Waals surface area contributed by atoms with Crippen LogP contribution in [0.15, 0.2) is 273 Å². The van der Waals surface area contributed by atoms with Crippen molar-refractivity contribution in [1.29, 1.82) is 10.5 Å². The maximum atomic E-state index is 13.0. The minimum Gasteiger partial charge on any atom is -0.309 e. The third-order valence-corrected chi connectivity index (χ3v) is 19.8. The molecule has 0 spiro atoms. The van der Waals surface area contributed by atoms with Gasteiger partial charge in [0.1, 0.15) is 23.3 Å². The van der Waals surface area contributed by atoms with Crippen molar-refractivity contribution >= 4 is 141 Å². The van der Waals surface area contributed by atoms with E-state index < -0.39 is 0 Å². The molecule has 0 bridgehead atoms. The number of nitrogens with zero attached hydrogens (tertiary/aromatic N) is 7. The van der Waals surface area contributed by atoms with Gasteiger partial charge in [-0.2, -0.15) is 10.5 Å². The molecule has 7 nitrogen and oxygen atoms in total. The topological polar surface area (TPSA) is 72.2 Å². The summed E-state index contributed by atoms with van der Waals surface area (Å²) < 4.78 is 13.9. The first-order chi connectivity index (χ1) is 43.7. The summed E-state index contributed by atoms with van der Waals surface area (Å²) in [6.45, 7) is 0. The van der Waals surface area contributed by atoms with Gasteiger partial charge < -0.3 is 22.8 Å². The molecule has 6 heterocycles. The summed E-state index contributed by atoms with van der Waals surface area (Å²) in [6, 6.07) is 103. The fourth-order valence-corrected chi connectivity index (χ4v) is 16.3. The SMILES string of the molecule is N#Cc1c(-n2c3ccccc3c3ccccc32)c(-n2c3ccccc3c3ccccc32)c(C#N)c(-n2c3ccc(-c4cccc5c4c4ccccc4n5-c4ccccc4)cc3c3c4sc5ccccc5c4ccc32)c1-n1c2ccccc2c2ccccc21. The van der Waals surface area contributed by atoms with Crippen LogP contribution in [0, 0.1) is 22.7 Å². The van der Waals surface area contributed by atoms with Gasteiger partial charge in [-0.1, -0.05) is 188 Å². The Labute approximate surface area is 506 Å². The number of rotatable bonds is 6. The number of aromatic nitrogens is 5. The van der Waals surface area contributed by atoms with Crippen molar-refractivity contribution in [3.05, 3.63) is 284 Å². The smallest absolute Gasteiger partial charge is 0.104 e. The third kappa shape index (κ3) is 6.42. The highest BCUT2D eigenvalue weighted by atomic mass is 32.1. The Balaban J connectivity index is 1.05. The van der Waals surface area contributed by atoms with Crippen molar-refractivity contribution in [2.45, 2.75) is 0 Å². The largest absolute Gasteiger partial charge is 0.309 e. The molecule has 406 valence electrons. The lowest BCUT2D eigenvalue weighted by Gasteiger charge is -2.27. The average molecular weight is 1140 g/mol. The van der Waals surface area contributed by atoms with Crippen molar-refractivity contribution in [3.63, 3.8) is 0 Å². The molecule has 0 aliphatic rings. The summed E-state index contributed by atoms with van der Waals surface area (Å²) in [4.78, 5) is 0. The monoisotopic (exact) mass is 1140 g/mol. The number of thiophene rings is 1. The van der Waals surface area contributed by atoms with Gasteiger partial charge in [0, 0.05) is 79.7 Å². The summed E-state index contributed by atoms with van der Waals surface area (Å²) in [5.74, 6) is 0. The zero-order valence-electron chi connectivity index (χ0n) is 47.0. The van der Waals surface area contributed by atoms with E-state index in [-0.39, 0.29) is 0 Å². The van der Waals surface area contributed by atoms with Gasteiger partial charge in [0.15, 0.2) is 0 Å². The molecule has 0 saturated carbocycles. The molecule has 6 aromatic heterocycles. The molecular weight excluding hydrogens is 1090 g/mol. The first-order valence-corrected chi connectivity index (χ1v) is 30.4. The van der Waals surface area contributed by atoms with Crippen LogP contribution >= 0.6 is 11.3 Å². The van der Waals surface area contributed by atoms with Crippen molar-refractivity contribution in [1.82, 2.24) is 22.8 Å². The Kier molecular flexibility index (Phi) is 10.1. The highest BCUT2D eigenvalue weighted by Gasteiger charge is 2.35. The van der Waals surface area contributed by atoms with Gasteiger partial charge >= 0.3 is 0 Å². The van der Waals surface area contributed by atoms with E-state index in [4.69, 9.17) is 0 Å². The van der Waals surface area contributed by atoms with E-state index in [9.17, 15) is 10.5 Å². The molecule has 0 aliphatic heterocycles. The van der Waals surface area contributed by atoms with E-state index in [1.54, 1.807) is 11.3 Å². The second-order valence-electron chi connectivity index (χ2n) is 22.9. The molecule has 0 aliphatic carbocycles. The normalized spacial score (nSPS) is 12.1. The summed E-state index contributed by atoms with van der Waals surface area (Å²) in [6.07, 6.45) is 0. The van der Waals surface area contributed by atoms with Crippen LogP contribution in [0.2, 0.25) is 0 Å². The van der Waals surface area contributed by atoms with Crippen LogP contribution < -0.4 is 0 Å². The van der Waals surface area contributed by atoms with Gasteiger partial charge in [-0.3, -0.25) is 0 Å². The van der Waals surface area contributed by atoms with Crippen LogP contribution in [-0.2, 0) is 0 Å². The molecule has 0 N–H and O–H groups in total. The molecule has 0 amide bonds. The van der Waals surface area contributed by atoms with Gasteiger partial charge in [-0.05, 0) is 96.1 Å². The van der Waals surface area contributed by atoms with Crippen LogP contribution in [0.3, 0.4) is 0 Å². The van der Waals surface area contributed by atoms with Crippen molar-refractivity contribution in [3.8, 4) is 51.7 Å². The lowest BCUT2D eigenvalue weighted by molar-refractivity contribution is 1.02. The number of fused-ring (bicyclic) bond motifs is 19. The minimum atomic E-state index is 0.414. The highest BCUT2D eigenvalue weighted by molar-refractivity contribution is 7.26. The summed E-state index contributed by atoms with van der Waals surface area (Å²) in [5, 5.41) is 39.0. The van der Waals surface area contributed by atoms with Gasteiger partial charge in [0.25, 0.3) is 0 Å². The fraction of sp³-hybridized carbons (Fsp3) is 0. The summed E-state index contributed by atoms with van der Waals surface area (Å²) >= 11 is 1.81. The van der Waals surface area contributed by atoms with Crippen LogP contribution in [0.5, 0.6) is 0 Å². The molecule has 8 heteroatoms. The van der Waals surface area contributed by atoms with Crippen LogP contribution in [0.25, 0.3) is 169 Å². The third-order valence-electron chi connectivity index (χ3n) is 18.5. The zero-order valence-corrected chi connectivity index (χ0v) is 47.8. The molecule has 19 aromatic rings. The standard InChI is InChI=1S/C80H45N7S/c81-46-61-76(84-63-32-12-4-23-51(63)52-24-5-13-33-64(52)84)77(85-65-34-14-6-25-53(65)54-26-7-15-35-66(54)85)62(47-82)79(78(61)86-67-36-16-8-27-55(67)56-28-9-17-37-68(56)86)87-70-43-41-48(45-60(70)75-72(87)44-42-58-57-29-11-19-40-73(57)88-80(58)75)50-31-20-39-71-74(50)59-30-10-18-38-69(59)83(71)49-21-2-1-3-22-49/h1-45H. The van der Waals surface area contributed by atoms with Gasteiger partial charge in [0.05, 0.1) is 77.9 Å². The molecule has 88 heavy (non-hydrogen) atoms. The van der Waals surface area contributed by atoms with Crippen molar-refractivity contribution in [2.24, 2.45) is 0 Å². The van der Waals surface area contributed by atoms with Crippen molar-refractivity contribution in [2.75, 3.05) is 0 Å². The lowest BCUT2D eigenvalue weighted by Crippen LogP contribution is -2.16. The highest BCUT2D eigenvalue weighted by Crippen LogP contribution is 2.51. The molecule has 19 rings (SSSR count). The number of benzene rings is 13. The summed E-state index contributed by atoms with van der Waals surface area (Å²) in [7, 11) is 0. The fourth-order valence-electron chi connectivity index (χ4n) is 15.1. The second kappa shape index (κ2) is 18.3. The quantitative estimate of drug-likeness (QED) is 0.166. The molecule has 0 saturated heterocycles. The van der Waals surface area contributed by atoms with E-state index in [1.165, 1.54) is 26.2 Å². The molecule has 0 fully saturated rings. The van der Waals surface area contributed by atoms with Crippen molar-refractivity contribution < 1.29 is 0 Å². The van der Waals surface area contributed by atoms with E-state index >= 15 is 0 Å². The first-order valence-electron chi connectivity index (χ1n) is 29.6. The van der Waals surface area contributed by atoms with Crippen LogP contribution in [-0.4, -0.2) is 22.8 Å². The Morgan fingerprint density at radius 1 is 0.261 bits per heavy atom. The predicted molar refractivity (Wildman–Crippen MR) is 366 cm³/mol. The number of hydrogen-bond acceptors (Lipinski definition) is 3. The number of nitriles is 2. The Morgan fingerprint density at radius 3 is 1.10 bits per heavy atom. The van der Waals surface area contributed by atoms with E-state index in [0.29, 0.717) is 33.9 Å². The average Bonchev–Trinajstić information content (AvgIpc) is 1.54. The van der Waals surface area contributed by atoms with Gasteiger partial charge in [-0.15, -0.1) is 11.3 Å². The van der Waals surface area contributed by atoms with Gasteiger partial charge in [-0.25, -0.2) is 0 Å². The molecule has 0 atom stereocenters. The maximum Gasteiger partial charge on any atom is 0.104 e. The second-order valence-corrected chi connectivity index (χ2v) is 23.9. The predicted octanol–water partition coefficient (Wildman–Crippen LogP) is 21.0. The van der Waals surface area contributed by atoms with E-state index in [2.05, 4.69) is 308 Å². The van der Waals surface area contributed by atoms with E-state index in [1.807, 2.05) is 0 Å². The van der Waals surface area contributed by atoms with Crippen LogP contribution in [0.1, 0.15) is 11.1 Å². The molecule has 0 radical (unpaired) electrons.